The summed E-state index contributed by atoms with van der Waals surface area (Å²) in [6, 6.07) is 9.02. The number of hydrogen-bond acceptors (Lipinski definition) is 7. The summed E-state index contributed by atoms with van der Waals surface area (Å²) in [5.74, 6) is -0.456. The molecule has 0 radical (unpaired) electrons. The van der Waals surface area contributed by atoms with Gasteiger partial charge in [0, 0.05) is 23.4 Å². The lowest BCUT2D eigenvalue weighted by Crippen LogP contribution is -2.38. The highest BCUT2D eigenvalue weighted by atomic mass is 32.2. The van der Waals surface area contributed by atoms with Crippen molar-refractivity contribution in [2.45, 2.75) is 56.3 Å². The summed E-state index contributed by atoms with van der Waals surface area (Å²) in [7, 11) is -3.80. The molecule has 1 aliphatic carbocycles. The van der Waals surface area contributed by atoms with E-state index in [1.807, 2.05) is 6.92 Å². The van der Waals surface area contributed by atoms with Gasteiger partial charge in [0.25, 0.3) is 0 Å². The maximum Gasteiger partial charge on any atom is 0.240 e. The fourth-order valence-corrected chi connectivity index (χ4v) is 6.06. The van der Waals surface area contributed by atoms with Crippen LogP contribution in [0, 0.1) is 12.7 Å². The van der Waals surface area contributed by atoms with Crippen molar-refractivity contribution in [2.75, 3.05) is 5.73 Å². The number of benzene rings is 2. The number of rotatable bonds is 6. The molecule has 4 aromatic rings. The van der Waals surface area contributed by atoms with E-state index < -0.39 is 15.8 Å². The Bertz CT molecular complexity index is 1580. The molecule has 0 atom stereocenters. The van der Waals surface area contributed by atoms with Gasteiger partial charge >= 0.3 is 0 Å². The first-order valence-corrected chi connectivity index (χ1v) is 13.5. The normalized spacial score (nSPS) is 18.4. The number of hydrogen-bond donors (Lipinski definition) is 4. The van der Waals surface area contributed by atoms with Crippen molar-refractivity contribution in [3.63, 3.8) is 0 Å². The van der Waals surface area contributed by atoms with Crippen LogP contribution < -0.4 is 10.5 Å². The Morgan fingerprint density at radius 1 is 1.14 bits per heavy atom. The van der Waals surface area contributed by atoms with E-state index in [-0.39, 0.29) is 40.7 Å². The van der Waals surface area contributed by atoms with Gasteiger partial charge in [-0.15, -0.1) is 0 Å². The number of imidazole rings is 1. The molecule has 0 aliphatic heterocycles. The predicted molar refractivity (Wildman–Crippen MR) is 137 cm³/mol. The zero-order chi connectivity index (χ0) is 26.3. The molecule has 1 fully saturated rings. The molecule has 0 saturated heterocycles. The number of halogens is 1. The maximum atomic E-state index is 14.8. The van der Waals surface area contributed by atoms with Crippen LogP contribution in [0.1, 0.15) is 36.8 Å². The molecule has 0 bridgehead atoms. The van der Waals surface area contributed by atoms with Crippen molar-refractivity contribution < 1.29 is 23.0 Å². The number of aliphatic hydroxyl groups is 2. The van der Waals surface area contributed by atoms with Gasteiger partial charge in [-0.1, -0.05) is 12.1 Å². The van der Waals surface area contributed by atoms with Gasteiger partial charge in [-0.3, -0.25) is 4.40 Å². The van der Waals surface area contributed by atoms with E-state index in [1.165, 1.54) is 12.1 Å². The molecule has 1 aliphatic rings. The van der Waals surface area contributed by atoms with Gasteiger partial charge in [0.05, 0.1) is 35.2 Å². The fourth-order valence-electron chi connectivity index (χ4n) is 4.73. The lowest BCUT2D eigenvalue weighted by Gasteiger charge is -2.26. The number of nitrogens with zero attached hydrogens (tertiary/aromatic N) is 3. The van der Waals surface area contributed by atoms with E-state index in [0.717, 1.165) is 5.56 Å². The van der Waals surface area contributed by atoms with Crippen molar-refractivity contribution in [1.29, 1.82) is 0 Å². The fraction of sp³-hybridized carbons (Fsp3) is 0.308. The average molecular weight is 526 g/mol. The van der Waals surface area contributed by atoms with E-state index in [1.54, 1.807) is 41.1 Å². The van der Waals surface area contributed by atoms with Crippen LogP contribution >= 0.6 is 0 Å². The third-order valence-electron chi connectivity index (χ3n) is 6.82. The Hall–Kier alpha value is -3.38. The molecular formula is C26H28FN5O4S. The first-order chi connectivity index (χ1) is 17.7. The molecule has 1 saturated carbocycles. The summed E-state index contributed by atoms with van der Waals surface area (Å²) in [5.41, 5.74) is 9.46. The van der Waals surface area contributed by atoms with Gasteiger partial charge in [0.2, 0.25) is 10.0 Å². The zero-order valence-corrected chi connectivity index (χ0v) is 21.0. The first kappa shape index (κ1) is 25.3. The second-order valence-electron chi connectivity index (χ2n) is 9.42. The second kappa shape index (κ2) is 9.82. The van der Waals surface area contributed by atoms with Crippen LogP contribution in [-0.2, 0) is 16.6 Å². The Morgan fingerprint density at radius 3 is 2.59 bits per heavy atom. The minimum Gasteiger partial charge on any atom is -0.393 e. The highest BCUT2D eigenvalue weighted by Crippen LogP contribution is 2.31. The largest absolute Gasteiger partial charge is 0.393 e. The number of nitrogens with one attached hydrogen (secondary N) is 1. The van der Waals surface area contributed by atoms with Crippen LogP contribution in [0.25, 0.3) is 28.2 Å². The molecule has 0 unspecified atom stereocenters. The smallest absolute Gasteiger partial charge is 0.240 e. The molecular weight excluding hydrogens is 497 g/mol. The summed E-state index contributed by atoms with van der Waals surface area (Å²) in [4.78, 5) is 8.80. The lowest BCUT2D eigenvalue weighted by atomic mass is 9.94. The van der Waals surface area contributed by atoms with E-state index in [9.17, 15) is 23.0 Å². The van der Waals surface area contributed by atoms with Crippen molar-refractivity contribution >= 4 is 21.5 Å². The summed E-state index contributed by atoms with van der Waals surface area (Å²) in [6.45, 7) is 1.58. The lowest BCUT2D eigenvalue weighted by molar-refractivity contribution is 0.120. The van der Waals surface area contributed by atoms with Crippen molar-refractivity contribution in [3.8, 4) is 22.5 Å². The monoisotopic (exact) mass is 525 g/mol. The van der Waals surface area contributed by atoms with E-state index in [2.05, 4.69) is 14.7 Å². The maximum absolute atomic E-state index is 14.8. The van der Waals surface area contributed by atoms with Gasteiger partial charge in [-0.2, -0.15) is 0 Å². The van der Waals surface area contributed by atoms with E-state index in [4.69, 9.17) is 5.73 Å². The van der Waals surface area contributed by atoms with E-state index in [0.29, 0.717) is 48.2 Å². The van der Waals surface area contributed by atoms with Crippen LogP contribution in [-0.4, -0.2) is 45.1 Å². The Kier molecular flexibility index (Phi) is 6.71. The molecule has 0 spiro atoms. The molecule has 5 rings (SSSR count). The number of fused-ring (bicyclic) bond motifs is 1. The van der Waals surface area contributed by atoms with Gasteiger partial charge < -0.3 is 15.9 Å². The van der Waals surface area contributed by atoms with Crippen molar-refractivity contribution in [2.24, 2.45) is 0 Å². The molecule has 0 amide bonds. The van der Waals surface area contributed by atoms with Crippen molar-refractivity contribution in [1.82, 2.24) is 19.1 Å². The minimum absolute atomic E-state index is 0.0944. The third-order valence-corrected chi connectivity index (χ3v) is 8.34. The van der Waals surface area contributed by atoms with Gasteiger partial charge in [0.1, 0.15) is 5.82 Å². The quantitative estimate of drug-likeness (QED) is 0.303. The third kappa shape index (κ3) is 4.95. The molecule has 9 nitrogen and oxygen atoms in total. The summed E-state index contributed by atoms with van der Waals surface area (Å²) < 4.78 is 45.6. The number of aryl methyl sites for hydroxylation is 1. The predicted octanol–water partition coefficient (Wildman–Crippen LogP) is 3.17. The minimum atomic E-state index is -3.80. The van der Waals surface area contributed by atoms with Crippen LogP contribution in [0.15, 0.2) is 53.7 Å². The highest BCUT2D eigenvalue weighted by molar-refractivity contribution is 7.89. The van der Waals surface area contributed by atoms with Gasteiger partial charge in [-0.05, 0) is 68.0 Å². The summed E-state index contributed by atoms with van der Waals surface area (Å²) in [6.07, 6.45) is 5.10. The molecule has 5 N–H and O–H groups in total. The molecule has 194 valence electrons. The average Bonchev–Trinajstić information content (AvgIpc) is 3.29. The van der Waals surface area contributed by atoms with Gasteiger partial charge in [-0.25, -0.2) is 27.5 Å². The van der Waals surface area contributed by atoms with Crippen molar-refractivity contribution in [3.05, 3.63) is 65.7 Å². The van der Waals surface area contributed by atoms with Crippen LogP contribution in [0.3, 0.4) is 0 Å². The summed E-state index contributed by atoms with van der Waals surface area (Å²) >= 11 is 0. The number of aliphatic hydroxyl groups excluding tert-OH is 2. The van der Waals surface area contributed by atoms with Crippen LogP contribution in [0.4, 0.5) is 10.2 Å². The Balaban J connectivity index is 1.55. The zero-order valence-electron chi connectivity index (χ0n) is 20.2. The summed E-state index contributed by atoms with van der Waals surface area (Å²) in [5, 5.41) is 19.0. The number of nitrogen functional groups attached to an aromatic ring is 1. The molecule has 37 heavy (non-hydrogen) atoms. The topological polar surface area (TPSA) is 143 Å². The highest BCUT2D eigenvalue weighted by Gasteiger charge is 2.26. The molecule has 2 aromatic heterocycles. The SMILES string of the molecule is Cc1ccc(S(=O)(=O)N[C@H]2CC[C@H](O)CC2)cc1-c1cnc2c(N)nc(-c3ccc(CO)cc3F)cn12. The standard InChI is InChI=1S/C26H28FN5O4S/c1-15-2-8-19(37(35,36)31-17-4-6-18(34)7-5-17)11-21(15)24-12-29-26-25(28)30-23(13-32(24)26)20-9-3-16(14-33)10-22(20)27/h2-3,8-13,17-18,31,33-34H,4-7,14H2,1H3,(H2,28,30)/t17-,18-. The molecule has 2 heterocycles. The molecule has 2 aromatic carbocycles. The number of nitrogens with two attached hydrogens (primary N) is 1. The second-order valence-corrected chi connectivity index (χ2v) is 11.1. The number of aromatic nitrogens is 3. The van der Waals surface area contributed by atoms with Crippen LogP contribution in [0.5, 0.6) is 0 Å². The first-order valence-electron chi connectivity index (χ1n) is 12.0. The number of sulfonamides is 1. The Morgan fingerprint density at radius 2 is 1.89 bits per heavy atom. The van der Waals surface area contributed by atoms with E-state index >= 15 is 0 Å². The molecule has 11 heteroatoms. The number of anilines is 1. The Labute approximate surface area is 213 Å². The van der Waals surface area contributed by atoms with Crippen LogP contribution in [0.2, 0.25) is 0 Å². The van der Waals surface area contributed by atoms with Gasteiger partial charge in [0.15, 0.2) is 11.5 Å².